The van der Waals surface area contributed by atoms with Crippen LogP contribution in [0.1, 0.15) is 24.4 Å². The number of hydrogen-bond acceptors (Lipinski definition) is 5. The largest absolute Gasteiger partial charge is 0.330 e. The summed E-state index contributed by atoms with van der Waals surface area (Å²) >= 11 is 0. The Morgan fingerprint density at radius 3 is 2.70 bits per heavy atom. The van der Waals surface area contributed by atoms with Crippen LogP contribution in [-0.2, 0) is 6.54 Å². The van der Waals surface area contributed by atoms with E-state index in [-0.39, 0.29) is 18.6 Å². The summed E-state index contributed by atoms with van der Waals surface area (Å²) in [5.74, 6) is 0.429. The molecule has 2 rings (SSSR count). The number of nitrogens with zero attached hydrogens (tertiary/aromatic N) is 3. The molecule has 0 radical (unpaired) electrons. The number of aromatic amines is 1. The molecule has 0 aliphatic carbocycles. The summed E-state index contributed by atoms with van der Waals surface area (Å²) in [5, 5.41) is 21.7. The van der Waals surface area contributed by atoms with E-state index in [4.69, 9.17) is 0 Å². The second-order valence-corrected chi connectivity index (χ2v) is 4.27. The summed E-state index contributed by atoms with van der Waals surface area (Å²) in [7, 11) is 1.90. The van der Waals surface area contributed by atoms with E-state index >= 15 is 0 Å². The van der Waals surface area contributed by atoms with Crippen LogP contribution in [0.5, 0.6) is 0 Å². The fourth-order valence-corrected chi connectivity index (χ4v) is 1.61. The zero-order valence-corrected chi connectivity index (χ0v) is 11.3. The van der Waals surface area contributed by atoms with Crippen molar-refractivity contribution in [2.75, 3.05) is 12.4 Å². The highest BCUT2D eigenvalue weighted by Crippen LogP contribution is 2.15. The Hall–Kier alpha value is -2.48. The molecule has 1 aromatic carbocycles. The fourth-order valence-electron chi connectivity index (χ4n) is 1.61. The molecule has 0 saturated carbocycles. The van der Waals surface area contributed by atoms with Gasteiger partial charge in [-0.05, 0) is 31.7 Å². The molecule has 0 spiro atoms. The van der Waals surface area contributed by atoms with Crippen LogP contribution in [0.25, 0.3) is 0 Å². The average molecular weight is 275 g/mol. The Morgan fingerprint density at radius 2 is 2.10 bits per heavy atom. The first kappa shape index (κ1) is 13.9. The topological polar surface area (TPSA) is 108 Å². The van der Waals surface area contributed by atoms with Crippen LogP contribution < -0.4 is 16.0 Å². The number of anilines is 1. The lowest BCUT2D eigenvalue weighted by atomic mass is 10.1. The molecule has 0 fully saturated rings. The molecule has 106 valence electrons. The number of H-pyrrole nitrogens is 1. The number of hydrogen-bond donors (Lipinski definition) is 4. The van der Waals surface area contributed by atoms with Crippen molar-refractivity contribution in [3.63, 3.8) is 0 Å². The first-order chi connectivity index (χ1) is 9.69. The van der Waals surface area contributed by atoms with Gasteiger partial charge in [0.1, 0.15) is 0 Å². The lowest BCUT2D eigenvalue weighted by molar-refractivity contribution is 0.251. The lowest BCUT2D eigenvalue weighted by Crippen LogP contribution is -2.28. The molecule has 1 aromatic heterocycles. The maximum atomic E-state index is 11.7. The van der Waals surface area contributed by atoms with E-state index in [1.54, 1.807) is 0 Å². The molecule has 1 heterocycles. The van der Waals surface area contributed by atoms with E-state index in [9.17, 15) is 4.79 Å². The molecule has 0 aliphatic rings. The van der Waals surface area contributed by atoms with E-state index in [0.29, 0.717) is 5.82 Å². The van der Waals surface area contributed by atoms with Gasteiger partial charge in [-0.25, -0.2) is 4.79 Å². The SMILES string of the molecule is CNC(C)c1ccc(NC(=O)NCc2nn[nH]n2)cc1. The Bertz CT molecular complexity index is 537. The highest BCUT2D eigenvalue weighted by Gasteiger charge is 2.05. The van der Waals surface area contributed by atoms with Crippen molar-refractivity contribution in [2.24, 2.45) is 0 Å². The highest BCUT2D eigenvalue weighted by atomic mass is 16.2. The number of tetrazole rings is 1. The Balaban J connectivity index is 1.84. The molecule has 0 saturated heterocycles. The van der Waals surface area contributed by atoms with Gasteiger partial charge in [-0.1, -0.05) is 17.3 Å². The molecule has 1 unspecified atom stereocenters. The van der Waals surface area contributed by atoms with Crippen LogP contribution in [0, 0.1) is 0 Å². The quantitative estimate of drug-likeness (QED) is 0.645. The molecular formula is C12H17N7O. The van der Waals surface area contributed by atoms with Crippen molar-refractivity contribution in [3.8, 4) is 0 Å². The zero-order chi connectivity index (χ0) is 14.4. The van der Waals surface area contributed by atoms with Gasteiger partial charge in [-0.3, -0.25) is 0 Å². The van der Waals surface area contributed by atoms with Crippen molar-refractivity contribution in [1.29, 1.82) is 0 Å². The van der Waals surface area contributed by atoms with Gasteiger partial charge >= 0.3 is 6.03 Å². The van der Waals surface area contributed by atoms with Gasteiger partial charge in [0.2, 0.25) is 0 Å². The predicted molar refractivity (Wildman–Crippen MR) is 74.0 cm³/mol. The fraction of sp³-hybridized carbons (Fsp3) is 0.333. The van der Waals surface area contributed by atoms with Gasteiger partial charge in [-0.15, -0.1) is 10.2 Å². The molecule has 8 heteroatoms. The third-order valence-corrected chi connectivity index (χ3v) is 2.90. The first-order valence-electron chi connectivity index (χ1n) is 6.23. The van der Waals surface area contributed by atoms with E-state index < -0.39 is 0 Å². The predicted octanol–water partition coefficient (Wildman–Crippen LogP) is 0.802. The minimum atomic E-state index is -0.316. The second-order valence-electron chi connectivity index (χ2n) is 4.27. The Kier molecular flexibility index (Phi) is 4.61. The molecule has 4 N–H and O–H groups in total. The van der Waals surface area contributed by atoms with Gasteiger partial charge in [0.25, 0.3) is 0 Å². The number of carbonyl (C=O) groups is 1. The van der Waals surface area contributed by atoms with Crippen molar-refractivity contribution in [2.45, 2.75) is 19.5 Å². The van der Waals surface area contributed by atoms with Crippen LogP contribution >= 0.6 is 0 Å². The van der Waals surface area contributed by atoms with Gasteiger partial charge in [0, 0.05) is 11.7 Å². The molecule has 2 aromatic rings. The van der Waals surface area contributed by atoms with Crippen molar-refractivity contribution in [1.82, 2.24) is 31.3 Å². The molecule has 2 amide bonds. The lowest BCUT2D eigenvalue weighted by Gasteiger charge is -2.11. The Labute approximate surface area is 116 Å². The summed E-state index contributed by atoms with van der Waals surface area (Å²) in [6, 6.07) is 7.61. The van der Waals surface area contributed by atoms with Crippen molar-refractivity contribution >= 4 is 11.7 Å². The Morgan fingerprint density at radius 1 is 1.35 bits per heavy atom. The minimum Gasteiger partial charge on any atom is -0.330 e. The molecule has 1 atom stereocenters. The summed E-state index contributed by atoms with van der Waals surface area (Å²) < 4.78 is 0. The van der Waals surface area contributed by atoms with Crippen molar-refractivity contribution in [3.05, 3.63) is 35.7 Å². The first-order valence-corrected chi connectivity index (χ1v) is 6.23. The minimum absolute atomic E-state index is 0.219. The van der Waals surface area contributed by atoms with Crippen LogP contribution in [0.15, 0.2) is 24.3 Å². The maximum Gasteiger partial charge on any atom is 0.319 e. The summed E-state index contributed by atoms with van der Waals surface area (Å²) in [5.41, 5.74) is 1.88. The van der Waals surface area contributed by atoms with E-state index in [1.807, 2.05) is 31.3 Å². The average Bonchev–Trinajstić information content (AvgIpc) is 2.98. The van der Waals surface area contributed by atoms with Crippen LogP contribution in [-0.4, -0.2) is 33.7 Å². The number of nitrogens with one attached hydrogen (secondary N) is 4. The summed E-state index contributed by atoms with van der Waals surface area (Å²) in [6.45, 7) is 2.29. The smallest absolute Gasteiger partial charge is 0.319 e. The van der Waals surface area contributed by atoms with Crippen LogP contribution in [0.3, 0.4) is 0 Å². The zero-order valence-electron chi connectivity index (χ0n) is 11.3. The van der Waals surface area contributed by atoms with E-state index in [1.165, 1.54) is 0 Å². The highest BCUT2D eigenvalue weighted by molar-refractivity contribution is 5.89. The number of rotatable bonds is 5. The summed E-state index contributed by atoms with van der Waals surface area (Å²) in [4.78, 5) is 11.7. The van der Waals surface area contributed by atoms with Gasteiger partial charge in [0.05, 0.1) is 6.54 Å². The third-order valence-electron chi connectivity index (χ3n) is 2.90. The molecule has 0 aliphatic heterocycles. The number of aromatic nitrogens is 4. The molecule has 0 bridgehead atoms. The number of amides is 2. The van der Waals surface area contributed by atoms with E-state index in [2.05, 4.69) is 43.5 Å². The van der Waals surface area contributed by atoms with Crippen molar-refractivity contribution < 1.29 is 4.79 Å². The normalized spacial score (nSPS) is 11.9. The van der Waals surface area contributed by atoms with Crippen LogP contribution in [0.2, 0.25) is 0 Å². The number of carbonyl (C=O) groups excluding carboxylic acids is 1. The van der Waals surface area contributed by atoms with E-state index in [0.717, 1.165) is 11.3 Å². The maximum absolute atomic E-state index is 11.7. The van der Waals surface area contributed by atoms with Gasteiger partial charge in [0.15, 0.2) is 5.82 Å². The van der Waals surface area contributed by atoms with Gasteiger partial charge < -0.3 is 16.0 Å². The molecular weight excluding hydrogens is 258 g/mol. The molecule has 20 heavy (non-hydrogen) atoms. The van der Waals surface area contributed by atoms with Crippen LogP contribution in [0.4, 0.5) is 10.5 Å². The second kappa shape index (κ2) is 6.62. The third kappa shape index (κ3) is 3.75. The monoisotopic (exact) mass is 275 g/mol. The standard InChI is InChI=1S/C12H17N7O/c1-8(13-2)9-3-5-10(6-4-9)15-12(20)14-7-11-16-18-19-17-11/h3-6,8,13H,7H2,1-2H3,(H2,14,15,20)(H,16,17,18,19). The number of benzene rings is 1. The summed E-state index contributed by atoms with van der Waals surface area (Å²) in [6.07, 6.45) is 0. The molecule has 8 nitrogen and oxygen atoms in total. The number of urea groups is 1. The van der Waals surface area contributed by atoms with Gasteiger partial charge in [-0.2, -0.15) is 5.21 Å².